The molecule has 2 heterocycles. The summed E-state index contributed by atoms with van der Waals surface area (Å²) in [6, 6.07) is 11.6. The standard InChI is InChI=1S/C19H20N2O3S/c1-13-18(14(2)24-21-13)12-23-16-7-5-15(6-8-16)10-19(22)20-11-17-4-3-9-25-17/h3-9H,10-12H2,1-2H3,(H,20,22). The number of nitrogens with zero attached hydrogens (tertiary/aromatic N) is 1. The Kier molecular flexibility index (Phi) is 5.50. The molecular formula is C19H20N2O3S. The van der Waals surface area contributed by atoms with Crippen molar-refractivity contribution < 1.29 is 14.1 Å². The monoisotopic (exact) mass is 356 g/mol. The number of benzene rings is 1. The van der Waals surface area contributed by atoms with Crippen LogP contribution in [0.2, 0.25) is 0 Å². The summed E-state index contributed by atoms with van der Waals surface area (Å²) in [5.41, 5.74) is 2.77. The van der Waals surface area contributed by atoms with Gasteiger partial charge >= 0.3 is 0 Å². The van der Waals surface area contributed by atoms with Crippen LogP contribution in [0.4, 0.5) is 0 Å². The molecule has 130 valence electrons. The lowest BCUT2D eigenvalue weighted by Gasteiger charge is -2.07. The fraction of sp³-hybridized carbons (Fsp3) is 0.263. The molecule has 0 unspecified atom stereocenters. The van der Waals surface area contributed by atoms with Gasteiger partial charge in [0.05, 0.1) is 24.2 Å². The largest absolute Gasteiger partial charge is 0.489 e. The number of ether oxygens (including phenoxy) is 1. The number of hydrogen-bond donors (Lipinski definition) is 1. The third-order valence-corrected chi connectivity index (χ3v) is 4.77. The molecule has 3 rings (SSSR count). The molecule has 1 N–H and O–H groups in total. The van der Waals surface area contributed by atoms with E-state index in [1.165, 1.54) is 0 Å². The topological polar surface area (TPSA) is 64.4 Å². The minimum absolute atomic E-state index is 0.0118. The van der Waals surface area contributed by atoms with Gasteiger partial charge in [-0.25, -0.2) is 0 Å². The summed E-state index contributed by atoms with van der Waals surface area (Å²) in [5.74, 6) is 1.54. The van der Waals surface area contributed by atoms with Crippen LogP contribution in [0.15, 0.2) is 46.3 Å². The second-order valence-electron chi connectivity index (χ2n) is 5.77. The van der Waals surface area contributed by atoms with E-state index in [0.717, 1.165) is 33.2 Å². The fourth-order valence-electron chi connectivity index (χ4n) is 2.41. The Morgan fingerprint density at radius 1 is 1.24 bits per heavy atom. The molecule has 0 aliphatic heterocycles. The van der Waals surface area contributed by atoms with Crippen LogP contribution in [0.3, 0.4) is 0 Å². The molecule has 2 aromatic heterocycles. The van der Waals surface area contributed by atoms with Gasteiger partial charge < -0.3 is 14.6 Å². The molecule has 0 saturated carbocycles. The number of aryl methyl sites for hydroxylation is 2. The quantitative estimate of drug-likeness (QED) is 0.699. The molecule has 3 aromatic rings. The van der Waals surface area contributed by atoms with Crippen molar-refractivity contribution >= 4 is 17.2 Å². The zero-order valence-corrected chi connectivity index (χ0v) is 15.1. The van der Waals surface area contributed by atoms with Gasteiger partial charge in [0.2, 0.25) is 5.91 Å². The second kappa shape index (κ2) is 7.98. The summed E-state index contributed by atoms with van der Waals surface area (Å²) < 4.78 is 10.9. The minimum Gasteiger partial charge on any atom is -0.489 e. The van der Waals surface area contributed by atoms with Crippen molar-refractivity contribution in [1.82, 2.24) is 10.5 Å². The smallest absolute Gasteiger partial charge is 0.224 e. The average molecular weight is 356 g/mol. The first-order chi connectivity index (χ1) is 12.1. The summed E-state index contributed by atoms with van der Waals surface area (Å²) in [4.78, 5) is 13.1. The number of nitrogens with one attached hydrogen (secondary N) is 1. The third-order valence-electron chi connectivity index (χ3n) is 3.89. The maximum atomic E-state index is 12.0. The molecule has 0 bridgehead atoms. The number of aromatic nitrogens is 1. The Bertz CT molecular complexity index is 803. The van der Waals surface area contributed by atoms with Crippen molar-refractivity contribution in [1.29, 1.82) is 0 Å². The molecule has 1 aromatic carbocycles. The van der Waals surface area contributed by atoms with Crippen LogP contribution in [-0.4, -0.2) is 11.1 Å². The van der Waals surface area contributed by atoms with E-state index < -0.39 is 0 Å². The van der Waals surface area contributed by atoms with Crippen molar-refractivity contribution in [3.05, 3.63) is 69.2 Å². The zero-order valence-electron chi connectivity index (χ0n) is 14.2. The molecule has 0 aliphatic rings. The maximum Gasteiger partial charge on any atom is 0.224 e. The van der Waals surface area contributed by atoms with E-state index in [1.807, 2.05) is 55.6 Å². The van der Waals surface area contributed by atoms with Crippen molar-refractivity contribution in [3.8, 4) is 5.75 Å². The Labute approximate surface area is 150 Å². The Morgan fingerprint density at radius 2 is 2.04 bits per heavy atom. The van der Waals surface area contributed by atoms with Gasteiger partial charge in [0.1, 0.15) is 18.1 Å². The van der Waals surface area contributed by atoms with E-state index in [9.17, 15) is 4.79 Å². The second-order valence-corrected chi connectivity index (χ2v) is 6.80. The number of carbonyl (C=O) groups is 1. The van der Waals surface area contributed by atoms with E-state index >= 15 is 0 Å². The Hall–Kier alpha value is -2.60. The van der Waals surface area contributed by atoms with Crippen LogP contribution in [-0.2, 0) is 24.4 Å². The van der Waals surface area contributed by atoms with Crippen molar-refractivity contribution in [2.45, 2.75) is 33.4 Å². The molecule has 6 heteroatoms. The highest BCUT2D eigenvalue weighted by Crippen LogP contribution is 2.18. The van der Waals surface area contributed by atoms with E-state index in [1.54, 1.807) is 11.3 Å². The molecule has 0 radical (unpaired) electrons. The molecule has 0 spiro atoms. The predicted molar refractivity (Wildman–Crippen MR) is 96.6 cm³/mol. The molecule has 5 nitrogen and oxygen atoms in total. The van der Waals surface area contributed by atoms with Crippen LogP contribution in [0.25, 0.3) is 0 Å². The van der Waals surface area contributed by atoms with Crippen molar-refractivity contribution in [3.63, 3.8) is 0 Å². The van der Waals surface area contributed by atoms with Crippen molar-refractivity contribution in [2.75, 3.05) is 0 Å². The van der Waals surface area contributed by atoms with Crippen LogP contribution in [0, 0.1) is 13.8 Å². The molecule has 0 atom stereocenters. The Balaban J connectivity index is 1.49. The average Bonchev–Trinajstić information content (AvgIpc) is 3.23. The highest BCUT2D eigenvalue weighted by Gasteiger charge is 2.10. The van der Waals surface area contributed by atoms with Gasteiger partial charge in [-0.3, -0.25) is 4.79 Å². The number of rotatable bonds is 7. The minimum atomic E-state index is 0.0118. The van der Waals surface area contributed by atoms with Gasteiger partial charge in [-0.05, 0) is 43.0 Å². The number of amides is 1. The normalized spacial score (nSPS) is 10.6. The molecule has 0 fully saturated rings. The molecule has 0 aliphatic carbocycles. The lowest BCUT2D eigenvalue weighted by Crippen LogP contribution is -2.24. The van der Waals surface area contributed by atoms with Crippen LogP contribution < -0.4 is 10.1 Å². The highest BCUT2D eigenvalue weighted by molar-refractivity contribution is 7.09. The summed E-state index contributed by atoms with van der Waals surface area (Å²) >= 11 is 1.64. The number of thiophene rings is 1. The first-order valence-electron chi connectivity index (χ1n) is 8.04. The fourth-order valence-corrected chi connectivity index (χ4v) is 3.06. The summed E-state index contributed by atoms with van der Waals surface area (Å²) in [7, 11) is 0. The molecule has 1 amide bonds. The maximum absolute atomic E-state index is 12.0. The highest BCUT2D eigenvalue weighted by atomic mass is 32.1. The number of hydrogen-bond acceptors (Lipinski definition) is 5. The van der Waals surface area contributed by atoms with Crippen LogP contribution in [0.5, 0.6) is 5.75 Å². The zero-order chi connectivity index (χ0) is 17.6. The third kappa shape index (κ3) is 4.70. The van der Waals surface area contributed by atoms with Gasteiger partial charge in [-0.15, -0.1) is 11.3 Å². The van der Waals surface area contributed by atoms with Gasteiger partial charge in [0.15, 0.2) is 0 Å². The lowest BCUT2D eigenvalue weighted by molar-refractivity contribution is -0.120. The summed E-state index contributed by atoms with van der Waals surface area (Å²) in [6.07, 6.45) is 0.357. The summed E-state index contributed by atoms with van der Waals surface area (Å²) in [5, 5.41) is 8.84. The van der Waals surface area contributed by atoms with Gasteiger partial charge in [0, 0.05) is 4.88 Å². The van der Waals surface area contributed by atoms with E-state index in [4.69, 9.17) is 9.26 Å². The van der Waals surface area contributed by atoms with Crippen molar-refractivity contribution in [2.24, 2.45) is 0 Å². The van der Waals surface area contributed by atoms with Crippen LogP contribution >= 0.6 is 11.3 Å². The van der Waals surface area contributed by atoms with Crippen LogP contribution in [0.1, 0.15) is 27.5 Å². The van der Waals surface area contributed by atoms with Gasteiger partial charge in [0.25, 0.3) is 0 Å². The van der Waals surface area contributed by atoms with E-state index in [0.29, 0.717) is 19.6 Å². The SMILES string of the molecule is Cc1noc(C)c1COc1ccc(CC(=O)NCc2cccs2)cc1. The first-order valence-corrected chi connectivity index (χ1v) is 8.92. The lowest BCUT2D eigenvalue weighted by atomic mass is 10.1. The molecule has 25 heavy (non-hydrogen) atoms. The predicted octanol–water partition coefficient (Wildman–Crippen LogP) is 3.79. The first kappa shape index (κ1) is 17.2. The molecular weight excluding hydrogens is 336 g/mol. The molecule has 0 saturated heterocycles. The van der Waals surface area contributed by atoms with Gasteiger partial charge in [-0.1, -0.05) is 23.4 Å². The number of carbonyl (C=O) groups excluding carboxylic acids is 1. The Morgan fingerprint density at radius 3 is 2.68 bits per heavy atom. The van der Waals surface area contributed by atoms with E-state index in [-0.39, 0.29) is 5.91 Å². The summed E-state index contributed by atoms with van der Waals surface area (Å²) in [6.45, 7) is 4.76. The van der Waals surface area contributed by atoms with Gasteiger partial charge in [-0.2, -0.15) is 0 Å². The van der Waals surface area contributed by atoms with E-state index in [2.05, 4.69) is 10.5 Å².